The molecule has 33 heavy (non-hydrogen) atoms. The highest BCUT2D eigenvalue weighted by Crippen LogP contribution is 2.34. The van der Waals surface area contributed by atoms with Crippen molar-refractivity contribution in [3.63, 3.8) is 0 Å². The van der Waals surface area contributed by atoms with Gasteiger partial charge in [0.15, 0.2) is 0 Å². The number of hydrogen-bond donors (Lipinski definition) is 3. The van der Waals surface area contributed by atoms with E-state index >= 15 is 0 Å². The van der Waals surface area contributed by atoms with Crippen LogP contribution < -0.4 is 5.32 Å². The van der Waals surface area contributed by atoms with E-state index in [-0.39, 0.29) is 21.2 Å². The van der Waals surface area contributed by atoms with Crippen molar-refractivity contribution >= 4 is 53.8 Å². The lowest BCUT2D eigenvalue weighted by molar-refractivity contribution is 0.481. The first-order valence-electron chi connectivity index (χ1n) is 9.47. The van der Waals surface area contributed by atoms with Gasteiger partial charge in [-0.2, -0.15) is 21.9 Å². The van der Waals surface area contributed by atoms with Gasteiger partial charge in [0.05, 0.1) is 21.2 Å². The maximum atomic E-state index is 11.7. The fraction of sp³-hybridized carbons (Fsp3) is 0. The molecule has 0 spiro atoms. The van der Waals surface area contributed by atoms with Crippen LogP contribution >= 0.6 is 0 Å². The first-order valence-corrected chi connectivity index (χ1v) is 12.3. The first-order chi connectivity index (χ1) is 15.6. The molecule has 9 nitrogen and oxygen atoms in total. The number of fused-ring (bicyclic) bond motifs is 1. The van der Waals surface area contributed by atoms with E-state index in [0.29, 0.717) is 11.4 Å². The van der Waals surface area contributed by atoms with Gasteiger partial charge in [0.2, 0.25) is 0 Å². The normalized spacial score (nSPS) is 12.3. The molecule has 0 saturated heterocycles. The van der Waals surface area contributed by atoms with E-state index in [1.54, 1.807) is 0 Å². The van der Waals surface area contributed by atoms with Gasteiger partial charge in [-0.05, 0) is 53.9 Å². The predicted octanol–water partition coefficient (Wildman–Crippen LogP) is 5.49. The maximum absolute atomic E-state index is 11.7. The molecule has 0 unspecified atom stereocenters. The average Bonchev–Trinajstić information content (AvgIpc) is 2.77. The minimum absolute atomic E-state index is 0.272. The topological polar surface area (TPSA) is 145 Å². The summed E-state index contributed by atoms with van der Waals surface area (Å²) in [6.07, 6.45) is 0. The molecular formula is C22H17N3O6S2. The van der Waals surface area contributed by atoms with Gasteiger partial charge in [0.1, 0.15) is 5.69 Å². The van der Waals surface area contributed by atoms with Gasteiger partial charge in [-0.25, -0.2) is 0 Å². The highest BCUT2D eigenvalue weighted by Gasteiger charge is 2.14. The van der Waals surface area contributed by atoms with Gasteiger partial charge in [0.25, 0.3) is 20.2 Å². The third-order valence-electron chi connectivity index (χ3n) is 4.73. The zero-order valence-electron chi connectivity index (χ0n) is 16.8. The van der Waals surface area contributed by atoms with Gasteiger partial charge >= 0.3 is 0 Å². The van der Waals surface area contributed by atoms with Crippen molar-refractivity contribution in [1.29, 1.82) is 0 Å². The van der Waals surface area contributed by atoms with Crippen molar-refractivity contribution in [1.82, 2.24) is 0 Å². The third kappa shape index (κ3) is 5.23. The summed E-state index contributed by atoms with van der Waals surface area (Å²) in [4.78, 5) is -0.598. The van der Waals surface area contributed by atoms with Crippen molar-refractivity contribution in [2.75, 3.05) is 5.32 Å². The Morgan fingerprint density at radius 2 is 1.27 bits per heavy atom. The Bertz CT molecular complexity index is 1580. The number of anilines is 2. The molecule has 0 amide bonds. The van der Waals surface area contributed by atoms with E-state index in [4.69, 9.17) is 4.55 Å². The third-order valence-corrected chi connectivity index (χ3v) is 6.45. The SMILES string of the molecule is O=S(=O)(O)c1ccc(N=Nc2ccc(S(=O)(=O)O)cc2Nc2cccc3ccccc23)cc1. The second-order valence-corrected chi connectivity index (χ2v) is 9.82. The van der Waals surface area contributed by atoms with E-state index in [2.05, 4.69) is 15.5 Å². The Hall–Kier alpha value is -3.64. The van der Waals surface area contributed by atoms with Crippen LogP contribution in [0.1, 0.15) is 0 Å². The quantitative estimate of drug-likeness (QED) is 0.243. The van der Waals surface area contributed by atoms with Crippen LogP contribution in [0.5, 0.6) is 0 Å². The van der Waals surface area contributed by atoms with Gasteiger partial charge in [-0.1, -0.05) is 36.4 Å². The Morgan fingerprint density at radius 3 is 1.97 bits per heavy atom. The number of nitrogens with one attached hydrogen (secondary N) is 1. The molecule has 0 aliphatic heterocycles. The molecule has 4 aromatic carbocycles. The summed E-state index contributed by atoms with van der Waals surface area (Å²) >= 11 is 0. The van der Waals surface area contributed by atoms with Crippen LogP contribution in [-0.4, -0.2) is 25.9 Å². The summed E-state index contributed by atoms with van der Waals surface area (Å²) < 4.78 is 64.2. The highest BCUT2D eigenvalue weighted by atomic mass is 32.2. The van der Waals surface area contributed by atoms with Crippen LogP contribution in [0.25, 0.3) is 10.8 Å². The molecule has 4 aromatic rings. The van der Waals surface area contributed by atoms with Gasteiger partial charge < -0.3 is 5.32 Å². The van der Waals surface area contributed by atoms with E-state index in [9.17, 15) is 21.4 Å². The highest BCUT2D eigenvalue weighted by molar-refractivity contribution is 7.86. The zero-order chi connectivity index (χ0) is 23.6. The van der Waals surface area contributed by atoms with Crippen molar-refractivity contribution in [3.8, 4) is 0 Å². The van der Waals surface area contributed by atoms with Gasteiger partial charge in [0, 0.05) is 11.1 Å². The lowest BCUT2D eigenvalue weighted by Crippen LogP contribution is -2.00. The van der Waals surface area contributed by atoms with Crippen LogP contribution in [0.3, 0.4) is 0 Å². The monoisotopic (exact) mass is 483 g/mol. The van der Waals surface area contributed by atoms with E-state index in [1.807, 2.05) is 42.5 Å². The molecule has 0 bridgehead atoms. The Balaban J connectivity index is 1.74. The Labute approximate surface area is 189 Å². The average molecular weight is 484 g/mol. The van der Waals surface area contributed by atoms with Gasteiger partial charge in [-0.3, -0.25) is 9.11 Å². The molecule has 4 rings (SSSR count). The van der Waals surface area contributed by atoms with Crippen LogP contribution in [-0.2, 0) is 20.2 Å². The summed E-state index contributed by atoms with van der Waals surface area (Å²) in [7, 11) is -8.78. The predicted molar refractivity (Wildman–Crippen MR) is 124 cm³/mol. The molecule has 0 aromatic heterocycles. The molecule has 0 fully saturated rings. The molecule has 168 valence electrons. The molecule has 0 atom stereocenters. The standard InChI is InChI=1S/C22H17N3O6S2/c26-32(27,28)17-10-8-16(9-11-17)24-25-21-13-12-18(33(29,30)31)14-22(21)23-20-7-3-5-15-4-1-2-6-19(15)20/h1-14,23H,(H,26,27,28)(H,29,30,31). The molecular weight excluding hydrogens is 466 g/mol. The second kappa shape index (κ2) is 8.71. The maximum Gasteiger partial charge on any atom is 0.294 e. The summed E-state index contributed by atoms with van der Waals surface area (Å²) in [5.74, 6) is 0. The fourth-order valence-electron chi connectivity index (χ4n) is 3.14. The van der Waals surface area contributed by atoms with Crippen molar-refractivity contribution in [3.05, 3.63) is 84.9 Å². The lowest BCUT2D eigenvalue weighted by atomic mass is 10.1. The summed E-state index contributed by atoms with van der Waals surface area (Å²) in [6, 6.07) is 22.1. The molecule has 0 saturated carbocycles. The summed E-state index contributed by atoms with van der Waals surface area (Å²) in [5, 5.41) is 13.2. The van der Waals surface area contributed by atoms with E-state index < -0.39 is 20.2 Å². The molecule has 0 aliphatic rings. The van der Waals surface area contributed by atoms with Crippen molar-refractivity contribution in [2.45, 2.75) is 9.79 Å². The minimum Gasteiger partial charge on any atom is -0.353 e. The molecule has 3 N–H and O–H groups in total. The Morgan fingerprint density at radius 1 is 0.636 bits per heavy atom. The van der Waals surface area contributed by atoms with E-state index in [1.165, 1.54) is 42.5 Å². The fourth-order valence-corrected chi connectivity index (χ4v) is 4.13. The van der Waals surface area contributed by atoms with Crippen molar-refractivity contribution < 1.29 is 25.9 Å². The zero-order valence-corrected chi connectivity index (χ0v) is 18.5. The Kier molecular flexibility index (Phi) is 5.95. The smallest absolute Gasteiger partial charge is 0.294 e. The van der Waals surface area contributed by atoms with Crippen LogP contribution in [0.2, 0.25) is 0 Å². The molecule has 0 heterocycles. The summed E-state index contributed by atoms with van der Waals surface area (Å²) in [5.41, 5.74) is 1.54. The number of rotatable bonds is 6. The van der Waals surface area contributed by atoms with Crippen LogP contribution in [0.15, 0.2) is 105 Å². The molecule has 0 radical (unpaired) electrons. The number of hydrogen-bond acceptors (Lipinski definition) is 7. The van der Waals surface area contributed by atoms with Crippen molar-refractivity contribution in [2.24, 2.45) is 10.2 Å². The van der Waals surface area contributed by atoms with Crippen LogP contribution in [0, 0.1) is 0 Å². The molecule has 0 aliphatic carbocycles. The largest absolute Gasteiger partial charge is 0.353 e. The van der Waals surface area contributed by atoms with Crippen LogP contribution in [0.4, 0.5) is 22.7 Å². The summed E-state index contributed by atoms with van der Waals surface area (Å²) in [6.45, 7) is 0. The van der Waals surface area contributed by atoms with Gasteiger partial charge in [-0.15, -0.1) is 5.11 Å². The number of nitrogens with zero attached hydrogens (tertiary/aromatic N) is 2. The second-order valence-electron chi connectivity index (χ2n) is 6.97. The number of benzene rings is 4. The van der Waals surface area contributed by atoms with E-state index in [0.717, 1.165) is 10.8 Å². The lowest BCUT2D eigenvalue weighted by Gasteiger charge is -2.12. The molecule has 11 heteroatoms. The minimum atomic E-state index is -4.46. The first kappa shape index (κ1) is 22.6. The number of azo groups is 1.